The first-order chi connectivity index (χ1) is 11.7. The van der Waals surface area contributed by atoms with Crippen LogP contribution in [0.4, 0.5) is 0 Å². The number of carbonyl (C=O) groups is 1. The van der Waals surface area contributed by atoms with Crippen molar-refractivity contribution in [2.75, 3.05) is 26.2 Å². The van der Waals surface area contributed by atoms with Crippen LogP contribution in [0.15, 0.2) is 24.4 Å². The Morgan fingerprint density at radius 1 is 1.17 bits per heavy atom. The number of amides is 1. The third kappa shape index (κ3) is 3.18. The largest absolute Gasteiger partial charge is 0.341 e. The monoisotopic (exact) mass is 326 g/mol. The van der Waals surface area contributed by atoms with E-state index in [0.717, 1.165) is 36.8 Å². The average molecular weight is 326 g/mol. The molecule has 0 saturated carbocycles. The summed E-state index contributed by atoms with van der Waals surface area (Å²) in [5.41, 5.74) is 2.17. The van der Waals surface area contributed by atoms with E-state index in [1.165, 1.54) is 31.5 Å². The number of aromatic nitrogens is 2. The normalized spacial score (nSPS) is 20.1. The van der Waals surface area contributed by atoms with Gasteiger partial charge in [-0.2, -0.15) is 5.10 Å². The van der Waals surface area contributed by atoms with Crippen LogP contribution in [0.1, 0.15) is 31.2 Å². The van der Waals surface area contributed by atoms with Crippen LogP contribution in [0.5, 0.6) is 0 Å². The molecule has 4 rings (SSSR count). The summed E-state index contributed by atoms with van der Waals surface area (Å²) in [5, 5.41) is 5.65. The van der Waals surface area contributed by atoms with E-state index in [9.17, 15) is 4.79 Å². The number of hydrogen-bond donors (Lipinski definition) is 0. The Labute approximate surface area is 143 Å². The number of carbonyl (C=O) groups excluding carboxylic acids is 1. The van der Waals surface area contributed by atoms with Gasteiger partial charge in [-0.1, -0.05) is 12.1 Å². The molecule has 2 aliphatic rings. The summed E-state index contributed by atoms with van der Waals surface area (Å²) in [7, 11) is 0. The predicted molar refractivity (Wildman–Crippen MR) is 94.9 cm³/mol. The molecule has 1 amide bonds. The van der Waals surface area contributed by atoms with Gasteiger partial charge in [0.1, 0.15) is 6.54 Å². The Hall–Kier alpha value is -1.88. The zero-order chi connectivity index (χ0) is 16.5. The summed E-state index contributed by atoms with van der Waals surface area (Å²) in [6.45, 7) is 6.69. The maximum atomic E-state index is 12.6. The fraction of sp³-hybridized carbons (Fsp3) is 0.579. The molecule has 5 nitrogen and oxygen atoms in total. The first-order valence-corrected chi connectivity index (χ1v) is 9.15. The van der Waals surface area contributed by atoms with Crippen LogP contribution >= 0.6 is 0 Å². The highest BCUT2D eigenvalue weighted by atomic mass is 16.2. The molecule has 3 heterocycles. The molecule has 1 aromatic heterocycles. The first kappa shape index (κ1) is 15.6. The third-order valence-electron chi connectivity index (χ3n) is 5.48. The van der Waals surface area contributed by atoms with E-state index >= 15 is 0 Å². The van der Waals surface area contributed by atoms with Crippen LogP contribution in [-0.4, -0.2) is 57.7 Å². The molecule has 1 aromatic carbocycles. The fourth-order valence-electron chi connectivity index (χ4n) is 4.08. The number of aryl methyl sites for hydroxylation is 1. The van der Waals surface area contributed by atoms with Gasteiger partial charge in [0.2, 0.25) is 5.91 Å². The molecule has 0 N–H and O–H groups in total. The lowest BCUT2D eigenvalue weighted by Gasteiger charge is -2.36. The van der Waals surface area contributed by atoms with E-state index < -0.39 is 0 Å². The minimum Gasteiger partial charge on any atom is -0.341 e. The second-order valence-corrected chi connectivity index (χ2v) is 7.24. The van der Waals surface area contributed by atoms with E-state index in [1.807, 2.05) is 11.1 Å². The van der Waals surface area contributed by atoms with Gasteiger partial charge in [0.05, 0.1) is 5.52 Å². The SMILES string of the molecule is Cc1ccc2cn(CC(=O)N3CCC(N4CCCC4)CC3)nc2c1. The Bertz CT molecular complexity index is 724. The molecule has 2 fully saturated rings. The standard InChI is InChI=1S/C19H26N4O/c1-15-4-5-16-13-23(20-18(16)12-15)14-19(24)22-10-6-17(7-11-22)21-8-2-3-9-21/h4-5,12-13,17H,2-3,6-11,14H2,1H3. The van der Waals surface area contributed by atoms with E-state index in [2.05, 4.69) is 35.1 Å². The fourth-order valence-corrected chi connectivity index (χ4v) is 4.08. The van der Waals surface area contributed by atoms with Crippen LogP contribution in [0.2, 0.25) is 0 Å². The summed E-state index contributed by atoms with van der Waals surface area (Å²) in [6.07, 6.45) is 6.89. The summed E-state index contributed by atoms with van der Waals surface area (Å²) >= 11 is 0. The molecule has 0 aliphatic carbocycles. The van der Waals surface area contributed by atoms with Crippen molar-refractivity contribution in [3.05, 3.63) is 30.0 Å². The van der Waals surface area contributed by atoms with Gasteiger partial charge in [0.15, 0.2) is 0 Å². The third-order valence-corrected chi connectivity index (χ3v) is 5.48. The maximum absolute atomic E-state index is 12.6. The van der Waals surface area contributed by atoms with Crippen molar-refractivity contribution >= 4 is 16.8 Å². The lowest BCUT2D eigenvalue weighted by atomic mass is 10.0. The lowest BCUT2D eigenvalue weighted by molar-refractivity contribution is -0.133. The van der Waals surface area contributed by atoms with Crippen LogP contribution in [0.25, 0.3) is 10.9 Å². The number of hydrogen-bond acceptors (Lipinski definition) is 3. The van der Waals surface area contributed by atoms with Gasteiger partial charge in [-0.15, -0.1) is 0 Å². The number of rotatable bonds is 3. The maximum Gasteiger partial charge on any atom is 0.244 e. The molecular weight excluding hydrogens is 300 g/mol. The minimum absolute atomic E-state index is 0.194. The van der Waals surface area contributed by atoms with Crippen molar-refractivity contribution in [1.29, 1.82) is 0 Å². The van der Waals surface area contributed by atoms with Crippen molar-refractivity contribution < 1.29 is 4.79 Å². The van der Waals surface area contributed by atoms with E-state index in [4.69, 9.17) is 0 Å². The predicted octanol–water partition coefficient (Wildman–Crippen LogP) is 2.43. The number of piperidine rings is 1. The summed E-state index contributed by atoms with van der Waals surface area (Å²) < 4.78 is 1.79. The van der Waals surface area contributed by atoms with Crippen molar-refractivity contribution in [1.82, 2.24) is 19.6 Å². The molecule has 24 heavy (non-hydrogen) atoms. The zero-order valence-corrected chi connectivity index (χ0v) is 14.4. The zero-order valence-electron chi connectivity index (χ0n) is 14.4. The van der Waals surface area contributed by atoms with Crippen molar-refractivity contribution in [2.24, 2.45) is 0 Å². The van der Waals surface area contributed by atoms with Crippen LogP contribution < -0.4 is 0 Å². The second-order valence-electron chi connectivity index (χ2n) is 7.24. The summed E-state index contributed by atoms with van der Waals surface area (Å²) in [6, 6.07) is 6.91. The highest BCUT2D eigenvalue weighted by Gasteiger charge is 2.28. The molecule has 5 heteroatoms. The highest BCUT2D eigenvalue weighted by molar-refractivity contribution is 5.80. The summed E-state index contributed by atoms with van der Waals surface area (Å²) in [5.74, 6) is 0.194. The van der Waals surface area contributed by atoms with Gasteiger partial charge in [-0.05, 0) is 57.3 Å². The lowest BCUT2D eigenvalue weighted by Crippen LogP contribution is -2.46. The molecule has 0 bridgehead atoms. The Kier molecular flexibility index (Phi) is 4.27. The van der Waals surface area contributed by atoms with Crippen LogP contribution in [0, 0.1) is 6.92 Å². The van der Waals surface area contributed by atoms with Gasteiger partial charge in [-0.25, -0.2) is 0 Å². The summed E-state index contributed by atoms with van der Waals surface area (Å²) in [4.78, 5) is 17.2. The minimum atomic E-state index is 0.194. The molecule has 2 aliphatic heterocycles. The average Bonchev–Trinajstić information content (AvgIpc) is 3.23. The second kappa shape index (κ2) is 6.55. The van der Waals surface area contributed by atoms with E-state index in [1.54, 1.807) is 4.68 Å². The van der Waals surface area contributed by atoms with E-state index in [0.29, 0.717) is 12.6 Å². The van der Waals surface area contributed by atoms with Gasteiger partial charge >= 0.3 is 0 Å². The number of benzene rings is 1. The van der Waals surface area contributed by atoms with Crippen molar-refractivity contribution in [3.63, 3.8) is 0 Å². The van der Waals surface area contributed by atoms with Crippen LogP contribution in [0.3, 0.4) is 0 Å². The molecule has 0 atom stereocenters. The topological polar surface area (TPSA) is 41.4 Å². The molecular formula is C19H26N4O. The van der Waals surface area contributed by atoms with Gasteiger partial charge in [0, 0.05) is 30.7 Å². The molecule has 2 saturated heterocycles. The first-order valence-electron chi connectivity index (χ1n) is 9.15. The number of nitrogens with zero attached hydrogens (tertiary/aromatic N) is 4. The Balaban J connectivity index is 1.35. The van der Waals surface area contributed by atoms with Gasteiger partial charge in [-0.3, -0.25) is 9.48 Å². The Morgan fingerprint density at radius 3 is 2.67 bits per heavy atom. The molecule has 2 aromatic rings. The molecule has 0 radical (unpaired) electrons. The molecule has 128 valence electrons. The number of fused-ring (bicyclic) bond motifs is 1. The van der Waals surface area contributed by atoms with E-state index in [-0.39, 0.29) is 5.91 Å². The Morgan fingerprint density at radius 2 is 1.92 bits per heavy atom. The van der Waals surface area contributed by atoms with Gasteiger partial charge in [0.25, 0.3) is 0 Å². The molecule has 0 unspecified atom stereocenters. The number of likely N-dealkylation sites (tertiary alicyclic amines) is 2. The smallest absolute Gasteiger partial charge is 0.244 e. The van der Waals surface area contributed by atoms with Crippen molar-refractivity contribution in [3.8, 4) is 0 Å². The van der Waals surface area contributed by atoms with Crippen LogP contribution in [-0.2, 0) is 11.3 Å². The molecule has 0 spiro atoms. The van der Waals surface area contributed by atoms with Crippen molar-refractivity contribution in [2.45, 2.75) is 45.2 Å². The van der Waals surface area contributed by atoms with Gasteiger partial charge < -0.3 is 9.80 Å². The highest BCUT2D eigenvalue weighted by Crippen LogP contribution is 2.21. The quantitative estimate of drug-likeness (QED) is 0.870.